The van der Waals surface area contributed by atoms with Gasteiger partial charge in [-0.1, -0.05) is 6.07 Å². The topological polar surface area (TPSA) is 120 Å². The summed E-state index contributed by atoms with van der Waals surface area (Å²) in [5, 5.41) is 27.2. The zero-order valence-electron chi connectivity index (χ0n) is 14.9. The van der Waals surface area contributed by atoms with Crippen LogP contribution in [0.2, 0.25) is 0 Å². The number of benzene rings is 2. The molecule has 0 amide bonds. The van der Waals surface area contributed by atoms with Gasteiger partial charge in [-0.3, -0.25) is 0 Å². The maximum atomic E-state index is 11.1. The number of ether oxygens (including phenoxy) is 1. The van der Waals surface area contributed by atoms with Crippen LogP contribution in [0.4, 0.5) is 0 Å². The molecule has 0 aliphatic carbocycles. The summed E-state index contributed by atoms with van der Waals surface area (Å²) < 4.78 is 5.72. The molecule has 2 aromatic carbocycles. The number of carboxylic acids is 1. The lowest BCUT2D eigenvalue weighted by atomic mass is 10.1. The lowest BCUT2D eigenvalue weighted by Crippen LogP contribution is -2.04. The normalized spacial score (nSPS) is 9.96. The predicted molar refractivity (Wildman–Crippen MR) is 99.4 cm³/mol. The molecular weight excluding hydrogens is 356 g/mol. The first-order valence-corrected chi connectivity index (χ1v) is 8.25. The third kappa shape index (κ3) is 3.95. The predicted octanol–water partition coefficient (Wildman–Crippen LogP) is 3.47. The van der Waals surface area contributed by atoms with E-state index in [0.29, 0.717) is 34.0 Å². The van der Waals surface area contributed by atoms with Gasteiger partial charge in [-0.25, -0.2) is 14.8 Å². The molecule has 136 valence electrons. The highest BCUT2D eigenvalue weighted by Gasteiger charge is 2.11. The van der Waals surface area contributed by atoms with E-state index < -0.39 is 5.97 Å². The number of hydrogen-bond acceptors (Lipinski definition) is 6. The SMILES string of the molecule is Cc1nc(-c2ccc(OCc3ccc(C#N)cc3C#N)cc2)ncc1C(=O)O. The molecule has 3 rings (SSSR count). The maximum Gasteiger partial charge on any atom is 0.339 e. The number of rotatable bonds is 5. The minimum atomic E-state index is -1.06. The van der Waals surface area contributed by atoms with Gasteiger partial charge in [0.05, 0.1) is 34.5 Å². The molecule has 0 atom stereocenters. The largest absolute Gasteiger partial charge is 0.489 e. The standard InChI is InChI=1S/C21H14N4O3/c1-13-19(21(26)27)11-24-20(25-13)15-4-6-18(7-5-15)28-12-16-3-2-14(9-22)8-17(16)10-23/h2-8,11H,12H2,1H3,(H,26,27). The lowest BCUT2D eigenvalue weighted by molar-refractivity contribution is 0.0695. The molecule has 3 aromatic rings. The van der Waals surface area contributed by atoms with Crippen molar-refractivity contribution in [1.82, 2.24) is 9.97 Å². The van der Waals surface area contributed by atoms with Crippen LogP contribution in [0.15, 0.2) is 48.7 Å². The van der Waals surface area contributed by atoms with Crippen LogP contribution in [0.3, 0.4) is 0 Å². The van der Waals surface area contributed by atoms with Crippen LogP contribution in [-0.2, 0) is 6.61 Å². The second kappa shape index (κ2) is 7.98. The van der Waals surface area contributed by atoms with Crippen molar-refractivity contribution in [2.24, 2.45) is 0 Å². The zero-order valence-corrected chi connectivity index (χ0v) is 14.9. The van der Waals surface area contributed by atoms with Crippen molar-refractivity contribution in [3.63, 3.8) is 0 Å². The zero-order chi connectivity index (χ0) is 20.1. The smallest absolute Gasteiger partial charge is 0.339 e. The van der Waals surface area contributed by atoms with Gasteiger partial charge < -0.3 is 9.84 Å². The summed E-state index contributed by atoms with van der Waals surface area (Å²) in [5.74, 6) is -0.0453. The molecule has 0 aliphatic heterocycles. The quantitative estimate of drug-likeness (QED) is 0.730. The molecule has 7 heteroatoms. The van der Waals surface area contributed by atoms with Crippen molar-refractivity contribution in [3.8, 4) is 29.3 Å². The Kier molecular flexibility index (Phi) is 5.29. The number of nitrogens with zero attached hydrogens (tertiary/aromatic N) is 4. The molecule has 0 unspecified atom stereocenters. The summed E-state index contributed by atoms with van der Waals surface area (Å²) in [6, 6.07) is 16.0. The van der Waals surface area contributed by atoms with E-state index in [0.717, 1.165) is 5.56 Å². The summed E-state index contributed by atoms with van der Waals surface area (Å²) in [5.41, 5.74) is 2.70. The van der Waals surface area contributed by atoms with E-state index in [2.05, 4.69) is 16.0 Å². The van der Waals surface area contributed by atoms with Gasteiger partial charge in [-0.05, 0) is 43.3 Å². The molecule has 0 fully saturated rings. The van der Waals surface area contributed by atoms with E-state index in [1.54, 1.807) is 43.3 Å². The molecule has 0 bridgehead atoms. The van der Waals surface area contributed by atoms with Crippen LogP contribution in [0, 0.1) is 29.6 Å². The molecule has 0 aliphatic rings. The Hall–Kier alpha value is -4.23. The highest BCUT2D eigenvalue weighted by atomic mass is 16.5. The lowest BCUT2D eigenvalue weighted by Gasteiger charge is -2.09. The fourth-order valence-electron chi connectivity index (χ4n) is 2.55. The third-order valence-corrected chi connectivity index (χ3v) is 4.08. The molecule has 28 heavy (non-hydrogen) atoms. The molecule has 1 aromatic heterocycles. The fourth-order valence-corrected chi connectivity index (χ4v) is 2.55. The summed E-state index contributed by atoms with van der Waals surface area (Å²) in [6.45, 7) is 1.81. The molecule has 0 saturated heterocycles. The van der Waals surface area contributed by atoms with Gasteiger partial charge in [0, 0.05) is 17.3 Å². The van der Waals surface area contributed by atoms with E-state index in [4.69, 9.17) is 15.1 Å². The van der Waals surface area contributed by atoms with Crippen LogP contribution in [0.1, 0.15) is 32.7 Å². The minimum absolute atomic E-state index is 0.0689. The van der Waals surface area contributed by atoms with Gasteiger partial charge in [0.25, 0.3) is 0 Å². The van der Waals surface area contributed by atoms with Crippen molar-refractivity contribution in [2.75, 3.05) is 0 Å². The highest BCUT2D eigenvalue weighted by Crippen LogP contribution is 2.22. The Bertz CT molecular complexity index is 1130. The first kappa shape index (κ1) is 18.6. The first-order chi connectivity index (χ1) is 13.5. The average molecular weight is 370 g/mol. The van der Waals surface area contributed by atoms with Gasteiger partial charge in [-0.15, -0.1) is 0 Å². The number of carboxylic acid groups (broad SMARTS) is 1. The van der Waals surface area contributed by atoms with Crippen molar-refractivity contribution in [2.45, 2.75) is 13.5 Å². The second-order valence-electron chi connectivity index (χ2n) is 5.91. The van der Waals surface area contributed by atoms with Gasteiger partial charge in [0.2, 0.25) is 0 Å². The van der Waals surface area contributed by atoms with Gasteiger partial charge >= 0.3 is 5.97 Å². The van der Waals surface area contributed by atoms with Crippen LogP contribution < -0.4 is 4.74 Å². The Morgan fingerprint density at radius 1 is 1.14 bits per heavy atom. The van der Waals surface area contributed by atoms with E-state index in [1.807, 2.05) is 6.07 Å². The highest BCUT2D eigenvalue weighted by molar-refractivity contribution is 5.88. The Morgan fingerprint density at radius 3 is 2.50 bits per heavy atom. The molecule has 0 saturated carbocycles. The molecule has 1 N–H and O–H groups in total. The van der Waals surface area contributed by atoms with Crippen molar-refractivity contribution in [1.29, 1.82) is 10.5 Å². The molecule has 1 heterocycles. The number of aromatic nitrogens is 2. The van der Waals surface area contributed by atoms with E-state index in [1.165, 1.54) is 12.3 Å². The second-order valence-corrected chi connectivity index (χ2v) is 5.91. The van der Waals surface area contributed by atoms with Crippen molar-refractivity contribution in [3.05, 3.63) is 76.6 Å². The van der Waals surface area contributed by atoms with Gasteiger partial charge in [-0.2, -0.15) is 10.5 Å². The number of nitriles is 2. The number of carbonyl (C=O) groups is 1. The summed E-state index contributed by atoms with van der Waals surface area (Å²) in [6.07, 6.45) is 1.29. The average Bonchev–Trinajstić information content (AvgIpc) is 2.72. The van der Waals surface area contributed by atoms with Gasteiger partial charge in [0.15, 0.2) is 5.82 Å². The van der Waals surface area contributed by atoms with Crippen molar-refractivity contribution < 1.29 is 14.6 Å². The van der Waals surface area contributed by atoms with E-state index in [-0.39, 0.29) is 12.2 Å². The van der Waals surface area contributed by atoms with Crippen molar-refractivity contribution >= 4 is 5.97 Å². The third-order valence-electron chi connectivity index (χ3n) is 4.08. The number of aromatic carboxylic acids is 1. The van der Waals surface area contributed by atoms with Gasteiger partial charge in [0.1, 0.15) is 12.4 Å². The van der Waals surface area contributed by atoms with E-state index >= 15 is 0 Å². The van der Waals surface area contributed by atoms with Crippen LogP contribution in [0.25, 0.3) is 11.4 Å². The molecule has 0 radical (unpaired) electrons. The Balaban J connectivity index is 1.74. The molecule has 0 spiro atoms. The maximum absolute atomic E-state index is 11.1. The molecular formula is C21H14N4O3. The summed E-state index contributed by atoms with van der Waals surface area (Å²) >= 11 is 0. The monoisotopic (exact) mass is 370 g/mol. The molecule has 7 nitrogen and oxygen atoms in total. The first-order valence-electron chi connectivity index (χ1n) is 8.25. The number of aryl methyl sites for hydroxylation is 1. The fraction of sp³-hybridized carbons (Fsp3) is 0.0952. The Morgan fingerprint density at radius 2 is 1.89 bits per heavy atom. The van der Waals surface area contributed by atoms with Crippen LogP contribution in [-0.4, -0.2) is 21.0 Å². The summed E-state index contributed by atoms with van der Waals surface area (Å²) in [4.78, 5) is 19.4. The minimum Gasteiger partial charge on any atom is -0.489 e. The number of hydrogen-bond donors (Lipinski definition) is 1. The summed E-state index contributed by atoms with van der Waals surface area (Å²) in [7, 11) is 0. The van der Waals surface area contributed by atoms with E-state index in [9.17, 15) is 10.1 Å². The Labute approximate surface area is 161 Å². The van der Waals surface area contributed by atoms with Crippen LogP contribution >= 0.6 is 0 Å². The van der Waals surface area contributed by atoms with Crippen LogP contribution in [0.5, 0.6) is 5.75 Å².